The molecule has 0 radical (unpaired) electrons. The van der Waals surface area contributed by atoms with Crippen LogP contribution in [0.4, 0.5) is 5.69 Å². The van der Waals surface area contributed by atoms with E-state index < -0.39 is 0 Å². The Morgan fingerprint density at radius 1 is 0.850 bits per heavy atom. The fourth-order valence-corrected chi connectivity index (χ4v) is 1.72. The van der Waals surface area contributed by atoms with Crippen molar-refractivity contribution >= 4 is 5.69 Å². The van der Waals surface area contributed by atoms with Gasteiger partial charge in [0.05, 0.1) is 6.57 Å². The molecule has 0 aliphatic rings. The van der Waals surface area contributed by atoms with Gasteiger partial charge < -0.3 is 5.32 Å². The maximum atomic E-state index is 6.87. The number of benzene rings is 2. The molecule has 2 heteroatoms. The minimum atomic E-state index is 0.686. The van der Waals surface area contributed by atoms with Gasteiger partial charge in [-0.1, -0.05) is 67.9 Å². The second kappa shape index (κ2) is 8.90. The summed E-state index contributed by atoms with van der Waals surface area (Å²) in [6, 6.07) is 16.1. The maximum Gasteiger partial charge on any atom is 0.187 e. The lowest BCUT2D eigenvalue weighted by atomic mass is 10.0. The molecule has 0 saturated heterocycles. The highest BCUT2D eigenvalue weighted by Crippen LogP contribution is 2.22. The second-order valence-corrected chi connectivity index (χ2v) is 4.48. The molecule has 0 aliphatic heterocycles. The first-order chi connectivity index (χ1) is 9.71. The second-order valence-electron chi connectivity index (χ2n) is 4.48. The Bertz CT molecular complexity index is 531. The monoisotopic (exact) mass is 266 g/mol. The van der Waals surface area contributed by atoms with Crippen molar-refractivity contribution in [2.45, 2.75) is 20.8 Å². The highest BCUT2D eigenvalue weighted by Gasteiger charge is 1.96. The van der Waals surface area contributed by atoms with Gasteiger partial charge in [0.1, 0.15) is 0 Å². The summed E-state index contributed by atoms with van der Waals surface area (Å²) in [6.45, 7) is 15.3. The van der Waals surface area contributed by atoms with E-state index in [1.54, 1.807) is 0 Å². The van der Waals surface area contributed by atoms with Crippen LogP contribution in [0.2, 0.25) is 0 Å². The lowest BCUT2D eigenvalue weighted by Crippen LogP contribution is -2.09. The Morgan fingerprint density at radius 2 is 1.30 bits per heavy atom. The summed E-state index contributed by atoms with van der Waals surface area (Å²) in [4.78, 5) is 3.37. The standard InChI is InChI=1S/C14H11N.C4H11N/c1-11-3-5-12(6-4-11)13-7-9-14(15-2)10-8-13;1-3-5-4-2/h3-10H,1H3;5H,3-4H2,1-2H3. The average Bonchev–Trinajstić information content (AvgIpc) is 2.50. The summed E-state index contributed by atoms with van der Waals surface area (Å²) >= 11 is 0. The molecule has 0 unspecified atom stereocenters. The third-order valence-electron chi connectivity index (χ3n) is 2.88. The molecule has 20 heavy (non-hydrogen) atoms. The average molecular weight is 266 g/mol. The van der Waals surface area contributed by atoms with Crippen LogP contribution in [0.15, 0.2) is 48.5 Å². The van der Waals surface area contributed by atoms with Crippen LogP contribution in [0.5, 0.6) is 0 Å². The summed E-state index contributed by atoms with van der Waals surface area (Å²) < 4.78 is 0. The van der Waals surface area contributed by atoms with Crippen molar-refractivity contribution in [3.8, 4) is 11.1 Å². The van der Waals surface area contributed by atoms with E-state index in [-0.39, 0.29) is 0 Å². The van der Waals surface area contributed by atoms with E-state index in [9.17, 15) is 0 Å². The first-order valence-corrected chi connectivity index (χ1v) is 6.96. The van der Waals surface area contributed by atoms with Crippen molar-refractivity contribution < 1.29 is 0 Å². The van der Waals surface area contributed by atoms with Crippen LogP contribution in [0.3, 0.4) is 0 Å². The molecule has 0 amide bonds. The summed E-state index contributed by atoms with van der Waals surface area (Å²) in [6.07, 6.45) is 0. The highest BCUT2D eigenvalue weighted by molar-refractivity contribution is 5.66. The molecule has 0 saturated carbocycles. The number of rotatable bonds is 3. The van der Waals surface area contributed by atoms with Gasteiger partial charge in [-0.05, 0) is 31.1 Å². The third kappa shape index (κ3) is 5.26. The Kier molecular flexibility index (Phi) is 7.10. The molecule has 2 nitrogen and oxygen atoms in total. The zero-order valence-corrected chi connectivity index (χ0v) is 12.5. The van der Waals surface area contributed by atoms with Crippen LogP contribution in [0, 0.1) is 13.5 Å². The number of nitrogens with zero attached hydrogens (tertiary/aromatic N) is 1. The van der Waals surface area contributed by atoms with Crippen LogP contribution >= 0.6 is 0 Å². The third-order valence-corrected chi connectivity index (χ3v) is 2.88. The van der Waals surface area contributed by atoms with E-state index in [0.29, 0.717) is 5.69 Å². The maximum absolute atomic E-state index is 6.87. The molecule has 0 aliphatic carbocycles. The number of nitrogens with one attached hydrogen (secondary N) is 1. The van der Waals surface area contributed by atoms with Crippen LogP contribution in [0.1, 0.15) is 19.4 Å². The lowest BCUT2D eigenvalue weighted by molar-refractivity contribution is 0.762. The van der Waals surface area contributed by atoms with Crippen molar-refractivity contribution in [2.24, 2.45) is 0 Å². The van der Waals surface area contributed by atoms with Crippen LogP contribution in [-0.2, 0) is 0 Å². The van der Waals surface area contributed by atoms with Gasteiger partial charge in [0.15, 0.2) is 5.69 Å². The Morgan fingerprint density at radius 3 is 1.65 bits per heavy atom. The van der Waals surface area contributed by atoms with Crippen molar-refractivity contribution in [2.75, 3.05) is 13.1 Å². The minimum Gasteiger partial charge on any atom is -0.317 e. The Balaban J connectivity index is 0.000000347. The SMILES string of the molecule is CCNCC.[C-]#[N+]c1ccc(-c2ccc(C)cc2)cc1. The number of aryl methyl sites for hydroxylation is 1. The van der Waals surface area contributed by atoms with E-state index >= 15 is 0 Å². The molecule has 1 N–H and O–H groups in total. The normalized spacial score (nSPS) is 9.30. The molecular weight excluding hydrogens is 244 g/mol. The lowest BCUT2D eigenvalue weighted by Gasteiger charge is -2.01. The van der Waals surface area contributed by atoms with Crippen LogP contribution < -0.4 is 5.32 Å². The predicted octanol–water partition coefficient (Wildman–Crippen LogP) is 4.83. The molecule has 2 aromatic carbocycles. The van der Waals surface area contributed by atoms with Crippen molar-refractivity contribution in [1.29, 1.82) is 0 Å². The Hall–Kier alpha value is -2.11. The molecule has 0 heterocycles. The number of hydrogen-bond donors (Lipinski definition) is 1. The summed E-state index contributed by atoms with van der Waals surface area (Å²) in [5.41, 5.74) is 4.29. The van der Waals surface area contributed by atoms with Gasteiger partial charge in [-0.25, -0.2) is 4.85 Å². The van der Waals surface area contributed by atoms with E-state index in [2.05, 4.69) is 55.2 Å². The largest absolute Gasteiger partial charge is 0.317 e. The fourth-order valence-electron chi connectivity index (χ4n) is 1.72. The van der Waals surface area contributed by atoms with Crippen LogP contribution in [0.25, 0.3) is 16.0 Å². The van der Waals surface area contributed by atoms with Gasteiger partial charge in [0, 0.05) is 0 Å². The summed E-state index contributed by atoms with van der Waals surface area (Å²) in [7, 11) is 0. The van der Waals surface area contributed by atoms with Crippen molar-refractivity contribution in [3.63, 3.8) is 0 Å². The van der Waals surface area contributed by atoms with E-state index in [1.165, 1.54) is 11.1 Å². The predicted molar refractivity (Wildman–Crippen MR) is 87.1 cm³/mol. The van der Waals surface area contributed by atoms with Gasteiger partial charge >= 0.3 is 0 Å². The van der Waals surface area contributed by atoms with E-state index in [4.69, 9.17) is 6.57 Å². The molecule has 0 atom stereocenters. The van der Waals surface area contributed by atoms with Crippen molar-refractivity contribution in [3.05, 3.63) is 65.5 Å². The first kappa shape index (κ1) is 15.9. The molecular formula is C18H22N2. The number of hydrogen-bond acceptors (Lipinski definition) is 1. The zero-order chi connectivity index (χ0) is 14.8. The van der Waals surface area contributed by atoms with E-state index in [0.717, 1.165) is 18.7 Å². The molecule has 0 bridgehead atoms. The molecule has 2 aromatic rings. The van der Waals surface area contributed by atoms with Crippen LogP contribution in [-0.4, -0.2) is 13.1 Å². The fraction of sp³-hybridized carbons (Fsp3) is 0.278. The van der Waals surface area contributed by atoms with Gasteiger partial charge in [-0.3, -0.25) is 0 Å². The smallest absolute Gasteiger partial charge is 0.187 e. The van der Waals surface area contributed by atoms with E-state index in [1.807, 2.05) is 24.3 Å². The quantitative estimate of drug-likeness (QED) is 0.787. The molecule has 0 fully saturated rings. The van der Waals surface area contributed by atoms with Gasteiger partial charge in [-0.15, -0.1) is 0 Å². The van der Waals surface area contributed by atoms with Gasteiger partial charge in [0.2, 0.25) is 0 Å². The zero-order valence-electron chi connectivity index (χ0n) is 12.5. The summed E-state index contributed by atoms with van der Waals surface area (Å²) in [5, 5.41) is 3.11. The van der Waals surface area contributed by atoms with Crippen molar-refractivity contribution in [1.82, 2.24) is 5.32 Å². The molecule has 2 rings (SSSR count). The Labute approximate surface area is 122 Å². The first-order valence-electron chi connectivity index (χ1n) is 6.96. The van der Waals surface area contributed by atoms with Gasteiger partial charge in [0.25, 0.3) is 0 Å². The molecule has 0 spiro atoms. The molecule has 104 valence electrons. The minimum absolute atomic E-state index is 0.686. The highest BCUT2D eigenvalue weighted by atomic mass is 14.8. The summed E-state index contributed by atoms with van der Waals surface area (Å²) in [5.74, 6) is 0. The molecule has 0 aromatic heterocycles. The van der Waals surface area contributed by atoms with Gasteiger partial charge in [-0.2, -0.15) is 0 Å². The topological polar surface area (TPSA) is 16.4 Å².